The summed E-state index contributed by atoms with van der Waals surface area (Å²) >= 11 is 0. The minimum Gasteiger partial charge on any atom is -0.383 e. The smallest absolute Gasteiger partial charge is 0.383 e. The van der Waals surface area contributed by atoms with Crippen molar-refractivity contribution < 1.29 is 17.9 Å². The number of nitrogens with one attached hydrogen (secondary N) is 1. The topological polar surface area (TPSA) is 52.0 Å². The van der Waals surface area contributed by atoms with Crippen molar-refractivity contribution in [1.29, 1.82) is 0 Å². The summed E-state index contributed by atoms with van der Waals surface area (Å²) in [6.07, 6.45) is -3.55. The summed E-state index contributed by atoms with van der Waals surface area (Å²) in [6.45, 7) is 1.50. The molecule has 1 N–H and O–H groups in total. The van der Waals surface area contributed by atoms with Crippen LogP contribution < -0.4 is 5.32 Å². The maximum absolute atomic E-state index is 11.9. The second-order valence-corrected chi connectivity index (χ2v) is 3.51. The summed E-state index contributed by atoms with van der Waals surface area (Å²) < 4.78 is 41.9. The number of nitrogens with zero attached hydrogens (tertiary/aromatic N) is 3. The van der Waals surface area contributed by atoms with E-state index < -0.39 is 12.6 Å². The van der Waals surface area contributed by atoms with Crippen LogP contribution in [0.1, 0.15) is 12.1 Å². The fraction of sp³-hybridized carbons (Fsp3) is 0.778. The summed E-state index contributed by atoms with van der Waals surface area (Å²) in [7, 11) is 1.59. The van der Waals surface area contributed by atoms with Crippen LogP contribution >= 0.6 is 0 Å². The minimum absolute atomic E-state index is 0.200. The van der Waals surface area contributed by atoms with Crippen molar-refractivity contribution >= 4 is 0 Å². The first kappa shape index (κ1) is 13.9. The molecule has 98 valence electrons. The fourth-order valence-corrected chi connectivity index (χ4v) is 1.16. The molecule has 0 aliphatic heterocycles. The van der Waals surface area contributed by atoms with Gasteiger partial charge in [-0.05, 0) is 0 Å². The summed E-state index contributed by atoms with van der Waals surface area (Å²) in [5.74, 6) is 0. The van der Waals surface area contributed by atoms with Gasteiger partial charge in [-0.25, -0.2) is 0 Å². The van der Waals surface area contributed by atoms with Crippen molar-refractivity contribution in [1.82, 2.24) is 20.3 Å². The lowest BCUT2D eigenvalue weighted by Gasteiger charge is -2.04. The van der Waals surface area contributed by atoms with E-state index in [1.54, 1.807) is 7.11 Å². The van der Waals surface area contributed by atoms with Gasteiger partial charge in [0, 0.05) is 26.4 Å². The molecule has 0 bridgehead atoms. The summed E-state index contributed by atoms with van der Waals surface area (Å²) in [5.41, 5.74) is 0.614. The monoisotopic (exact) mass is 252 g/mol. The van der Waals surface area contributed by atoms with Crippen LogP contribution in [0.25, 0.3) is 0 Å². The average Bonchev–Trinajstić information content (AvgIpc) is 2.69. The highest BCUT2D eigenvalue weighted by Gasteiger charge is 2.26. The molecule has 0 unspecified atom stereocenters. The van der Waals surface area contributed by atoms with Crippen LogP contribution in [0, 0.1) is 0 Å². The van der Waals surface area contributed by atoms with E-state index in [1.807, 2.05) is 0 Å². The Morgan fingerprint density at radius 3 is 2.88 bits per heavy atom. The largest absolute Gasteiger partial charge is 0.390 e. The highest BCUT2D eigenvalue weighted by Crippen LogP contribution is 2.19. The van der Waals surface area contributed by atoms with E-state index >= 15 is 0 Å². The lowest BCUT2D eigenvalue weighted by molar-refractivity contribution is -0.137. The zero-order chi connectivity index (χ0) is 12.7. The Morgan fingerprint density at radius 2 is 2.24 bits per heavy atom. The molecular formula is C9H15F3N4O. The number of halogens is 3. The van der Waals surface area contributed by atoms with Crippen LogP contribution in [0.4, 0.5) is 13.2 Å². The zero-order valence-electron chi connectivity index (χ0n) is 9.50. The number of aryl methyl sites for hydroxylation is 1. The normalized spacial score (nSPS) is 12.0. The molecule has 0 aromatic carbocycles. The number of hydrogen-bond donors (Lipinski definition) is 1. The molecule has 0 radical (unpaired) electrons. The van der Waals surface area contributed by atoms with Gasteiger partial charge in [0.05, 0.1) is 25.3 Å². The van der Waals surface area contributed by atoms with Gasteiger partial charge < -0.3 is 10.1 Å². The Bertz CT molecular complexity index is 326. The molecule has 1 rings (SSSR count). The molecule has 5 nitrogen and oxygen atoms in total. The minimum atomic E-state index is -4.16. The summed E-state index contributed by atoms with van der Waals surface area (Å²) in [4.78, 5) is 0. The van der Waals surface area contributed by atoms with Crippen LogP contribution in [0.3, 0.4) is 0 Å². The molecule has 0 saturated carbocycles. The number of alkyl halides is 3. The Morgan fingerprint density at radius 1 is 1.47 bits per heavy atom. The van der Waals surface area contributed by atoms with E-state index in [0.29, 0.717) is 25.4 Å². The van der Waals surface area contributed by atoms with Gasteiger partial charge in [-0.1, -0.05) is 5.21 Å². The molecule has 1 heterocycles. The van der Waals surface area contributed by atoms with Crippen molar-refractivity contribution in [2.45, 2.75) is 25.7 Å². The van der Waals surface area contributed by atoms with Gasteiger partial charge >= 0.3 is 6.18 Å². The van der Waals surface area contributed by atoms with Crippen LogP contribution in [0.5, 0.6) is 0 Å². The fourth-order valence-electron chi connectivity index (χ4n) is 1.16. The number of ether oxygens (including phenoxy) is 1. The van der Waals surface area contributed by atoms with Crippen LogP contribution in [-0.2, 0) is 17.8 Å². The predicted molar refractivity (Wildman–Crippen MR) is 54.3 cm³/mol. The molecule has 8 heteroatoms. The van der Waals surface area contributed by atoms with Gasteiger partial charge in [0.15, 0.2) is 0 Å². The lowest BCUT2D eigenvalue weighted by Crippen LogP contribution is -2.18. The number of hydrogen-bond acceptors (Lipinski definition) is 4. The Balaban J connectivity index is 2.28. The lowest BCUT2D eigenvalue weighted by atomic mass is 10.4. The third kappa shape index (κ3) is 6.22. The maximum atomic E-state index is 11.9. The van der Waals surface area contributed by atoms with E-state index in [-0.39, 0.29) is 6.54 Å². The Labute approximate surface area is 96.9 Å². The molecule has 0 aliphatic carbocycles. The van der Waals surface area contributed by atoms with Gasteiger partial charge in [0.2, 0.25) is 0 Å². The molecule has 0 atom stereocenters. The molecule has 1 aromatic rings. The average molecular weight is 252 g/mol. The Hall–Kier alpha value is -1.15. The molecule has 17 heavy (non-hydrogen) atoms. The first-order valence-corrected chi connectivity index (χ1v) is 5.16. The molecule has 0 amide bonds. The van der Waals surface area contributed by atoms with Crippen LogP contribution in [-0.4, -0.2) is 41.4 Å². The zero-order valence-corrected chi connectivity index (χ0v) is 9.50. The third-order valence-electron chi connectivity index (χ3n) is 2.00. The molecular weight excluding hydrogens is 237 g/mol. The maximum Gasteiger partial charge on any atom is 0.390 e. The second kappa shape index (κ2) is 6.55. The molecule has 0 fully saturated rings. The van der Waals surface area contributed by atoms with Crippen molar-refractivity contribution in [3.63, 3.8) is 0 Å². The van der Waals surface area contributed by atoms with Gasteiger partial charge in [-0.15, -0.1) is 5.10 Å². The van der Waals surface area contributed by atoms with E-state index in [1.165, 1.54) is 10.9 Å². The molecule has 0 saturated heterocycles. The second-order valence-electron chi connectivity index (χ2n) is 3.51. The van der Waals surface area contributed by atoms with E-state index in [0.717, 1.165) is 0 Å². The van der Waals surface area contributed by atoms with Crippen molar-refractivity contribution in [3.8, 4) is 0 Å². The SMILES string of the molecule is COCCNCc1cn(CCC(F)(F)F)nn1. The number of methoxy groups -OCH3 is 1. The summed E-state index contributed by atoms with van der Waals surface area (Å²) in [5, 5.41) is 10.4. The van der Waals surface area contributed by atoms with Gasteiger partial charge in [0.1, 0.15) is 0 Å². The standard InChI is InChI=1S/C9H15F3N4O/c1-17-5-3-13-6-8-7-16(15-14-8)4-2-9(10,11)12/h7,13H,2-6H2,1H3. The first-order chi connectivity index (χ1) is 8.01. The van der Waals surface area contributed by atoms with E-state index in [4.69, 9.17) is 4.74 Å². The van der Waals surface area contributed by atoms with E-state index in [2.05, 4.69) is 15.6 Å². The number of rotatable bonds is 7. The molecule has 0 spiro atoms. The van der Waals surface area contributed by atoms with Gasteiger partial charge in [0.25, 0.3) is 0 Å². The molecule has 1 aromatic heterocycles. The highest BCUT2D eigenvalue weighted by atomic mass is 19.4. The summed E-state index contributed by atoms with van der Waals surface area (Å²) in [6, 6.07) is 0. The van der Waals surface area contributed by atoms with Crippen molar-refractivity contribution in [3.05, 3.63) is 11.9 Å². The van der Waals surface area contributed by atoms with Crippen LogP contribution in [0.2, 0.25) is 0 Å². The van der Waals surface area contributed by atoms with Crippen LogP contribution in [0.15, 0.2) is 6.20 Å². The first-order valence-electron chi connectivity index (χ1n) is 5.16. The number of aromatic nitrogens is 3. The van der Waals surface area contributed by atoms with Gasteiger partial charge in [-0.2, -0.15) is 13.2 Å². The molecule has 0 aliphatic rings. The highest BCUT2D eigenvalue weighted by molar-refractivity contribution is 4.91. The third-order valence-corrected chi connectivity index (χ3v) is 2.00. The Kier molecular flexibility index (Phi) is 5.36. The van der Waals surface area contributed by atoms with Gasteiger partial charge in [-0.3, -0.25) is 4.68 Å². The van der Waals surface area contributed by atoms with Crippen molar-refractivity contribution in [2.24, 2.45) is 0 Å². The quantitative estimate of drug-likeness (QED) is 0.735. The van der Waals surface area contributed by atoms with Crippen molar-refractivity contribution in [2.75, 3.05) is 20.3 Å². The predicted octanol–water partition coefficient (Wildman–Crippen LogP) is 0.966. The van der Waals surface area contributed by atoms with E-state index in [9.17, 15) is 13.2 Å².